The first-order chi connectivity index (χ1) is 30.3. The highest BCUT2D eigenvalue weighted by Crippen LogP contribution is 2.23. The van der Waals surface area contributed by atoms with E-state index in [0.717, 1.165) is 64.2 Å². The van der Waals surface area contributed by atoms with Crippen LogP contribution in [0, 0.1) is 0 Å². The highest BCUT2D eigenvalue weighted by molar-refractivity contribution is 5.76. The standard InChI is InChI=1S/C53H99NO8/c1-3-5-7-9-11-13-15-17-18-19-20-21-22-23-24-25-26-27-28-29-31-32-34-36-38-40-42-47(56)46(45-61-53-52(60)51(59)50(58)48(44-55)62-53)54-49(57)43-41-39-37-35-33-30-16-14-12-10-8-6-4-2/h6,8,12,14,30,33,46-48,50-53,55-56,58-60H,3-5,7,9-11,13,15-29,31-32,34-45H2,1-2H3,(H,54,57)/b8-6-,14-12-,33-30-. The maximum Gasteiger partial charge on any atom is 0.220 e. The molecular formula is C53H99NO8. The SMILES string of the molecule is CC/C=C\C/C=C\C/C=C\CCCCCC(=O)NC(COC1OC(CO)C(O)C(O)C1O)C(O)CCCCCCCCCCCCCCCCCCCCCCCCCCCC. The minimum Gasteiger partial charge on any atom is -0.394 e. The van der Waals surface area contributed by atoms with E-state index in [4.69, 9.17) is 9.47 Å². The molecule has 0 bridgehead atoms. The van der Waals surface area contributed by atoms with Crippen LogP contribution in [0.4, 0.5) is 0 Å². The molecule has 364 valence electrons. The molecule has 0 aromatic rings. The monoisotopic (exact) mass is 878 g/mol. The fraction of sp³-hybridized carbons (Fsp3) is 0.868. The van der Waals surface area contributed by atoms with Gasteiger partial charge in [-0.3, -0.25) is 4.79 Å². The molecule has 1 saturated heterocycles. The number of amides is 1. The van der Waals surface area contributed by atoms with Gasteiger partial charge in [0.25, 0.3) is 0 Å². The zero-order chi connectivity index (χ0) is 45.1. The zero-order valence-electron chi connectivity index (χ0n) is 40.1. The number of hydrogen-bond donors (Lipinski definition) is 6. The number of ether oxygens (including phenoxy) is 2. The molecule has 0 aromatic carbocycles. The molecule has 9 heteroatoms. The largest absolute Gasteiger partial charge is 0.394 e. The molecule has 1 aliphatic rings. The number of rotatable bonds is 44. The predicted octanol–water partition coefficient (Wildman–Crippen LogP) is 12.0. The van der Waals surface area contributed by atoms with Gasteiger partial charge in [0.2, 0.25) is 5.91 Å². The van der Waals surface area contributed by atoms with Gasteiger partial charge < -0.3 is 40.3 Å². The smallest absolute Gasteiger partial charge is 0.220 e. The highest BCUT2D eigenvalue weighted by Gasteiger charge is 2.44. The van der Waals surface area contributed by atoms with Gasteiger partial charge in [0.05, 0.1) is 25.4 Å². The molecule has 6 N–H and O–H groups in total. The maximum absolute atomic E-state index is 13.0. The molecule has 9 nitrogen and oxygen atoms in total. The van der Waals surface area contributed by atoms with E-state index in [1.807, 2.05) is 0 Å². The van der Waals surface area contributed by atoms with Crippen LogP contribution in [0.15, 0.2) is 36.5 Å². The van der Waals surface area contributed by atoms with Crippen LogP contribution in [0.5, 0.6) is 0 Å². The van der Waals surface area contributed by atoms with Crippen molar-refractivity contribution in [2.75, 3.05) is 13.2 Å². The van der Waals surface area contributed by atoms with E-state index in [9.17, 15) is 30.3 Å². The Balaban J connectivity index is 2.21. The van der Waals surface area contributed by atoms with Crippen molar-refractivity contribution in [3.05, 3.63) is 36.5 Å². The summed E-state index contributed by atoms with van der Waals surface area (Å²) in [6, 6.07) is -0.734. The second-order valence-electron chi connectivity index (χ2n) is 18.3. The molecule has 1 fully saturated rings. The normalized spacial score (nSPS) is 20.5. The lowest BCUT2D eigenvalue weighted by Crippen LogP contribution is -2.60. The van der Waals surface area contributed by atoms with E-state index >= 15 is 0 Å². The van der Waals surface area contributed by atoms with Crippen molar-refractivity contribution >= 4 is 5.91 Å². The number of hydrogen-bond acceptors (Lipinski definition) is 8. The summed E-state index contributed by atoms with van der Waals surface area (Å²) in [5, 5.41) is 54.5. The Morgan fingerprint density at radius 1 is 0.565 bits per heavy atom. The third-order valence-electron chi connectivity index (χ3n) is 12.5. The summed E-state index contributed by atoms with van der Waals surface area (Å²) < 4.78 is 11.3. The minimum absolute atomic E-state index is 0.150. The highest BCUT2D eigenvalue weighted by atomic mass is 16.7. The number of carbonyl (C=O) groups is 1. The van der Waals surface area contributed by atoms with E-state index in [-0.39, 0.29) is 12.5 Å². The summed E-state index contributed by atoms with van der Waals surface area (Å²) in [6.07, 6.45) is 47.5. The van der Waals surface area contributed by atoms with Gasteiger partial charge in [-0.05, 0) is 44.9 Å². The molecule has 0 aliphatic carbocycles. The maximum atomic E-state index is 13.0. The van der Waals surface area contributed by atoms with Gasteiger partial charge >= 0.3 is 0 Å². The molecule has 7 atom stereocenters. The van der Waals surface area contributed by atoms with Crippen LogP contribution in [0.3, 0.4) is 0 Å². The van der Waals surface area contributed by atoms with Gasteiger partial charge in [-0.1, -0.05) is 224 Å². The van der Waals surface area contributed by atoms with Crippen LogP contribution in [0.2, 0.25) is 0 Å². The number of nitrogens with one attached hydrogen (secondary N) is 1. The molecule has 0 radical (unpaired) electrons. The molecule has 1 rings (SSSR count). The van der Waals surface area contributed by atoms with Crippen LogP contribution in [-0.2, 0) is 14.3 Å². The lowest BCUT2D eigenvalue weighted by molar-refractivity contribution is -0.302. The van der Waals surface area contributed by atoms with Gasteiger partial charge in [0, 0.05) is 6.42 Å². The quantitative estimate of drug-likeness (QED) is 0.0262. The first kappa shape index (κ1) is 58.4. The molecule has 0 spiro atoms. The Morgan fingerprint density at radius 3 is 1.47 bits per heavy atom. The number of carbonyl (C=O) groups excluding carboxylic acids is 1. The van der Waals surface area contributed by atoms with Crippen molar-refractivity contribution in [1.29, 1.82) is 0 Å². The van der Waals surface area contributed by atoms with Gasteiger partial charge in [-0.2, -0.15) is 0 Å². The average molecular weight is 878 g/mol. The summed E-state index contributed by atoms with van der Waals surface area (Å²) in [4.78, 5) is 13.0. The zero-order valence-corrected chi connectivity index (χ0v) is 40.1. The molecule has 62 heavy (non-hydrogen) atoms. The van der Waals surface area contributed by atoms with E-state index in [1.165, 1.54) is 148 Å². The van der Waals surface area contributed by atoms with E-state index in [1.54, 1.807) is 0 Å². The van der Waals surface area contributed by atoms with Crippen molar-refractivity contribution in [1.82, 2.24) is 5.32 Å². The van der Waals surface area contributed by atoms with Gasteiger partial charge in [-0.15, -0.1) is 0 Å². The Bertz CT molecular complexity index is 1070. The fourth-order valence-electron chi connectivity index (χ4n) is 8.35. The predicted molar refractivity (Wildman–Crippen MR) is 258 cm³/mol. The topological polar surface area (TPSA) is 149 Å². The van der Waals surface area contributed by atoms with E-state index in [0.29, 0.717) is 12.8 Å². The number of allylic oxidation sites excluding steroid dienone is 6. The van der Waals surface area contributed by atoms with E-state index in [2.05, 4.69) is 55.6 Å². The first-order valence-electron chi connectivity index (χ1n) is 26.2. The van der Waals surface area contributed by atoms with Gasteiger partial charge in [0.15, 0.2) is 6.29 Å². The first-order valence-corrected chi connectivity index (χ1v) is 26.2. The van der Waals surface area contributed by atoms with Crippen molar-refractivity contribution < 1.29 is 39.8 Å². The molecule has 1 amide bonds. The summed E-state index contributed by atoms with van der Waals surface area (Å²) in [7, 11) is 0. The lowest BCUT2D eigenvalue weighted by atomic mass is 9.99. The average Bonchev–Trinajstić information content (AvgIpc) is 3.27. The van der Waals surface area contributed by atoms with Crippen molar-refractivity contribution in [2.45, 2.75) is 281 Å². The Labute approximate surface area is 381 Å². The molecule has 1 aliphatic heterocycles. The number of aliphatic hydroxyl groups is 5. The number of unbranched alkanes of at least 4 members (excludes halogenated alkanes) is 28. The summed E-state index contributed by atoms with van der Waals surface area (Å²) in [5.74, 6) is -0.172. The molecule has 0 aromatic heterocycles. The van der Waals surface area contributed by atoms with Crippen LogP contribution in [0.1, 0.15) is 239 Å². The third kappa shape index (κ3) is 33.0. The van der Waals surface area contributed by atoms with E-state index < -0.39 is 49.5 Å². The van der Waals surface area contributed by atoms with Crippen LogP contribution < -0.4 is 5.32 Å². The summed E-state index contributed by atoms with van der Waals surface area (Å²) >= 11 is 0. The summed E-state index contributed by atoms with van der Waals surface area (Å²) in [6.45, 7) is 3.71. The second-order valence-corrected chi connectivity index (χ2v) is 18.3. The van der Waals surface area contributed by atoms with Gasteiger partial charge in [-0.25, -0.2) is 0 Å². The lowest BCUT2D eigenvalue weighted by Gasteiger charge is -2.40. The van der Waals surface area contributed by atoms with Crippen molar-refractivity contribution in [3.8, 4) is 0 Å². The Hall–Kier alpha value is -1.59. The summed E-state index contributed by atoms with van der Waals surface area (Å²) in [5.41, 5.74) is 0. The molecule has 1 heterocycles. The minimum atomic E-state index is -1.56. The van der Waals surface area contributed by atoms with Crippen LogP contribution >= 0.6 is 0 Å². The number of aliphatic hydroxyl groups excluding tert-OH is 5. The Morgan fingerprint density at radius 2 is 1.00 bits per heavy atom. The molecule has 7 unspecified atom stereocenters. The van der Waals surface area contributed by atoms with Crippen LogP contribution in [0.25, 0.3) is 0 Å². The van der Waals surface area contributed by atoms with Crippen LogP contribution in [-0.4, -0.2) is 87.5 Å². The Kier molecular flexibility index (Phi) is 40.8. The third-order valence-corrected chi connectivity index (χ3v) is 12.5. The fourth-order valence-corrected chi connectivity index (χ4v) is 8.35. The molecule has 0 saturated carbocycles. The van der Waals surface area contributed by atoms with Crippen molar-refractivity contribution in [3.63, 3.8) is 0 Å². The second kappa shape index (κ2) is 43.3. The van der Waals surface area contributed by atoms with Gasteiger partial charge in [0.1, 0.15) is 24.4 Å². The molecular weight excluding hydrogens is 779 g/mol. The van der Waals surface area contributed by atoms with Crippen molar-refractivity contribution in [2.24, 2.45) is 0 Å².